The van der Waals surface area contributed by atoms with E-state index in [9.17, 15) is 4.79 Å². The van der Waals surface area contributed by atoms with Crippen LogP contribution in [0.25, 0.3) is 0 Å². The second-order valence-electron chi connectivity index (χ2n) is 4.17. The number of hydrogen-bond donors (Lipinski definition) is 1. The molecule has 0 bridgehead atoms. The second-order valence-corrected chi connectivity index (χ2v) is 5.23. The van der Waals surface area contributed by atoms with E-state index in [2.05, 4.69) is 10.3 Å². The number of amides is 1. The number of hydrogen-bond acceptors (Lipinski definition) is 4. The summed E-state index contributed by atoms with van der Waals surface area (Å²) in [4.78, 5) is 18.2. The predicted octanol–water partition coefficient (Wildman–Crippen LogP) is 1.28. The van der Waals surface area contributed by atoms with E-state index < -0.39 is 0 Å². The summed E-state index contributed by atoms with van der Waals surface area (Å²) in [7, 11) is 1.87. The van der Waals surface area contributed by atoms with Crippen LogP contribution >= 0.6 is 11.3 Å². The Labute approximate surface area is 99.7 Å². The lowest BCUT2D eigenvalue weighted by Gasteiger charge is -2.31. The van der Waals surface area contributed by atoms with Gasteiger partial charge in [0.25, 0.3) is 5.91 Å². The third-order valence-corrected chi connectivity index (χ3v) is 3.75. The van der Waals surface area contributed by atoms with E-state index in [1.165, 1.54) is 11.3 Å². The number of piperidine rings is 1. The molecule has 4 nitrogen and oxygen atoms in total. The van der Waals surface area contributed by atoms with Crippen molar-refractivity contribution in [3.05, 3.63) is 16.1 Å². The number of nitrogens with zero attached hydrogens (tertiary/aromatic N) is 2. The minimum absolute atomic E-state index is 0.0399. The molecular weight excluding hydrogens is 222 g/mol. The van der Waals surface area contributed by atoms with Gasteiger partial charge in [-0.15, -0.1) is 11.3 Å². The summed E-state index contributed by atoms with van der Waals surface area (Å²) in [5, 5.41) is 6.10. The van der Waals surface area contributed by atoms with Crippen LogP contribution in [0.3, 0.4) is 0 Å². The highest BCUT2D eigenvalue weighted by molar-refractivity contribution is 7.09. The van der Waals surface area contributed by atoms with Crippen molar-refractivity contribution in [2.45, 2.75) is 25.8 Å². The molecule has 1 aliphatic heterocycles. The fourth-order valence-electron chi connectivity index (χ4n) is 1.97. The van der Waals surface area contributed by atoms with E-state index >= 15 is 0 Å². The van der Waals surface area contributed by atoms with Gasteiger partial charge in [0.05, 0.1) is 5.01 Å². The zero-order chi connectivity index (χ0) is 11.5. The van der Waals surface area contributed by atoms with Crippen LogP contribution in [0.15, 0.2) is 5.38 Å². The van der Waals surface area contributed by atoms with Gasteiger partial charge in [0.15, 0.2) is 0 Å². The zero-order valence-electron chi connectivity index (χ0n) is 9.69. The van der Waals surface area contributed by atoms with E-state index in [-0.39, 0.29) is 5.91 Å². The Bertz CT molecular complexity index is 371. The first-order valence-electron chi connectivity index (χ1n) is 5.58. The molecule has 0 saturated carbocycles. The summed E-state index contributed by atoms with van der Waals surface area (Å²) < 4.78 is 0. The number of thiazole rings is 1. The summed E-state index contributed by atoms with van der Waals surface area (Å²) in [5.74, 6) is 0.0399. The zero-order valence-corrected chi connectivity index (χ0v) is 10.5. The van der Waals surface area contributed by atoms with Crippen LogP contribution < -0.4 is 5.32 Å². The average Bonchev–Trinajstić information content (AvgIpc) is 2.75. The van der Waals surface area contributed by atoms with Crippen molar-refractivity contribution >= 4 is 17.2 Å². The van der Waals surface area contributed by atoms with Crippen molar-refractivity contribution in [2.24, 2.45) is 0 Å². The van der Waals surface area contributed by atoms with Gasteiger partial charge in [0, 0.05) is 25.0 Å². The van der Waals surface area contributed by atoms with Crippen LogP contribution in [0.2, 0.25) is 0 Å². The van der Waals surface area contributed by atoms with Gasteiger partial charge in [0.2, 0.25) is 0 Å². The molecule has 0 radical (unpaired) electrons. The van der Waals surface area contributed by atoms with Crippen molar-refractivity contribution in [3.63, 3.8) is 0 Å². The van der Waals surface area contributed by atoms with Crippen LogP contribution in [0, 0.1) is 6.92 Å². The first-order chi connectivity index (χ1) is 7.68. The van der Waals surface area contributed by atoms with Crippen LogP contribution in [0.4, 0.5) is 0 Å². The molecular formula is C11H17N3OS. The molecule has 0 spiro atoms. The van der Waals surface area contributed by atoms with E-state index in [1.807, 2.05) is 24.3 Å². The summed E-state index contributed by atoms with van der Waals surface area (Å²) in [6, 6.07) is 0.309. The summed E-state index contributed by atoms with van der Waals surface area (Å²) >= 11 is 1.52. The molecule has 1 saturated heterocycles. The van der Waals surface area contributed by atoms with E-state index in [4.69, 9.17) is 0 Å². The molecule has 5 heteroatoms. The number of rotatable bonds is 2. The maximum atomic E-state index is 12.1. The molecule has 1 atom stereocenters. The number of aromatic nitrogens is 1. The molecule has 2 rings (SSSR count). The molecule has 0 aliphatic carbocycles. The Morgan fingerprint density at radius 3 is 3.06 bits per heavy atom. The van der Waals surface area contributed by atoms with Gasteiger partial charge >= 0.3 is 0 Å². The van der Waals surface area contributed by atoms with Gasteiger partial charge < -0.3 is 10.2 Å². The average molecular weight is 239 g/mol. The highest BCUT2D eigenvalue weighted by Gasteiger charge is 2.23. The molecule has 2 heterocycles. The minimum Gasteiger partial charge on any atom is -0.336 e. The molecule has 1 aliphatic rings. The van der Waals surface area contributed by atoms with E-state index in [1.54, 1.807) is 0 Å². The smallest absolute Gasteiger partial charge is 0.273 e. The van der Waals surface area contributed by atoms with Crippen molar-refractivity contribution in [1.29, 1.82) is 0 Å². The first-order valence-corrected chi connectivity index (χ1v) is 6.46. The van der Waals surface area contributed by atoms with Crippen molar-refractivity contribution in [2.75, 3.05) is 20.1 Å². The summed E-state index contributed by atoms with van der Waals surface area (Å²) in [5.41, 5.74) is 0.579. The molecule has 1 aromatic rings. The molecule has 0 aromatic carbocycles. The highest BCUT2D eigenvalue weighted by atomic mass is 32.1. The lowest BCUT2D eigenvalue weighted by molar-refractivity contribution is 0.0703. The summed E-state index contributed by atoms with van der Waals surface area (Å²) in [6.45, 7) is 3.88. The van der Waals surface area contributed by atoms with Gasteiger partial charge in [0.1, 0.15) is 5.69 Å². The van der Waals surface area contributed by atoms with Gasteiger partial charge in [-0.25, -0.2) is 4.98 Å². The Morgan fingerprint density at radius 2 is 2.50 bits per heavy atom. The molecule has 1 aromatic heterocycles. The van der Waals surface area contributed by atoms with E-state index in [0.29, 0.717) is 11.7 Å². The predicted molar refractivity (Wildman–Crippen MR) is 64.8 cm³/mol. The number of likely N-dealkylation sites (N-methyl/N-ethyl adjacent to an activating group) is 1. The van der Waals surface area contributed by atoms with Crippen molar-refractivity contribution in [1.82, 2.24) is 15.2 Å². The minimum atomic E-state index is 0.0399. The molecule has 1 N–H and O–H groups in total. The lowest BCUT2D eigenvalue weighted by atomic mass is 10.1. The fourth-order valence-corrected chi connectivity index (χ4v) is 2.56. The van der Waals surface area contributed by atoms with Gasteiger partial charge in [-0.1, -0.05) is 0 Å². The largest absolute Gasteiger partial charge is 0.336 e. The Hall–Kier alpha value is -0.940. The standard InChI is InChI=1S/C11H17N3OS/c1-8-13-10(7-16-8)11(15)14(2)9-4-3-5-12-6-9/h7,9,12H,3-6H2,1-2H3. The maximum Gasteiger partial charge on any atom is 0.273 e. The molecule has 1 amide bonds. The first kappa shape index (κ1) is 11.5. The summed E-state index contributed by atoms with van der Waals surface area (Å²) in [6.07, 6.45) is 2.22. The number of aryl methyl sites for hydroxylation is 1. The Morgan fingerprint density at radius 1 is 1.69 bits per heavy atom. The normalized spacial score (nSPS) is 20.8. The van der Waals surface area contributed by atoms with Crippen molar-refractivity contribution in [3.8, 4) is 0 Å². The Balaban J connectivity index is 2.03. The van der Waals surface area contributed by atoms with Crippen molar-refractivity contribution < 1.29 is 4.79 Å². The monoisotopic (exact) mass is 239 g/mol. The number of carbonyl (C=O) groups is 1. The number of carbonyl (C=O) groups excluding carboxylic acids is 1. The van der Waals surface area contributed by atoms with Crippen LogP contribution in [0.1, 0.15) is 28.3 Å². The molecule has 88 valence electrons. The SMILES string of the molecule is Cc1nc(C(=O)N(C)C2CCCNC2)cs1. The quantitative estimate of drug-likeness (QED) is 0.845. The molecule has 16 heavy (non-hydrogen) atoms. The van der Waals surface area contributed by atoms with Crippen LogP contribution in [-0.4, -0.2) is 42.0 Å². The fraction of sp³-hybridized carbons (Fsp3) is 0.636. The van der Waals surface area contributed by atoms with Gasteiger partial charge in [-0.05, 0) is 26.3 Å². The van der Waals surface area contributed by atoms with Gasteiger partial charge in [-0.2, -0.15) is 0 Å². The maximum absolute atomic E-state index is 12.1. The van der Waals surface area contributed by atoms with Crippen LogP contribution in [0.5, 0.6) is 0 Å². The highest BCUT2D eigenvalue weighted by Crippen LogP contribution is 2.14. The van der Waals surface area contributed by atoms with Gasteiger partial charge in [-0.3, -0.25) is 4.79 Å². The lowest BCUT2D eigenvalue weighted by Crippen LogP contribution is -2.46. The number of nitrogens with one attached hydrogen (secondary N) is 1. The van der Waals surface area contributed by atoms with Crippen LogP contribution in [-0.2, 0) is 0 Å². The Kier molecular flexibility index (Phi) is 3.56. The van der Waals surface area contributed by atoms with E-state index in [0.717, 1.165) is 30.9 Å². The molecule has 1 unspecified atom stereocenters. The second kappa shape index (κ2) is 4.93. The molecule has 1 fully saturated rings. The third-order valence-electron chi connectivity index (χ3n) is 2.98. The third kappa shape index (κ3) is 2.41. The topological polar surface area (TPSA) is 45.2 Å².